The Bertz CT molecular complexity index is 243. The van der Waals surface area contributed by atoms with Gasteiger partial charge in [0.05, 0.1) is 5.84 Å². The van der Waals surface area contributed by atoms with Crippen molar-refractivity contribution in [2.75, 3.05) is 34.2 Å². The summed E-state index contributed by atoms with van der Waals surface area (Å²) in [5.74, 6) is 0.745. The van der Waals surface area contributed by atoms with E-state index < -0.39 is 0 Å². The number of allylic oxidation sites excluding steroid dienone is 1. The molecule has 0 saturated carbocycles. The van der Waals surface area contributed by atoms with Crippen LogP contribution in [0.1, 0.15) is 26.7 Å². The predicted molar refractivity (Wildman–Crippen MR) is 71.5 cm³/mol. The van der Waals surface area contributed by atoms with E-state index in [1.807, 2.05) is 20.0 Å². The molecule has 0 atom stereocenters. The Morgan fingerprint density at radius 2 is 1.81 bits per heavy atom. The molecule has 0 bridgehead atoms. The summed E-state index contributed by atoms with van der Waals surface area (Å²) >= 11 is 0. The van der Waals surface area contributed by atoms with E-state index in [-0.39, 0.29) is 0 Å². The Hall–Kier alpha value is -1.03. The van der Waals surface area contributed by atoms with Crippen molar-refractivity contribution >= 4 is 5.84 Å². The number of hydrogen-bond acceptors (Lipinski definition) is 4. The van der Waals surface area contributed by atoms with Crippen LogP contribution in [0.4, 0.5) is 0 Å². The third-order valence-corrected chi connectivity index (χ3v) is 2.39. The summed E-state index contributed by atoms with van der Waals surface area (Å²) in [5, 5.41) is 0. The summed E-state index contributed by atoms with van der Waals surface area (Å²) in [6.07, 6.45) is 3.78. The summed E-state index contributed by atoms with van der Waals surface area (Å²) < 4.78 is 0. The minimum atomic E-state index is 0.745. The predicted octanol–water partition coefficient (Wildman–Crippen LogP) is 1.50. The van der Waals surface area contributed by atoms with Crippen molar-refractivity contribution in [3.63, 3.8) is 0 Å². The zero-order chi connectivity index (χ0) is 12.6. The Morgan fingerprint density at radius 3 is 2.25 bits per heavy atom. The van der Waals surface area contributed by atoms with Gasteiger partial charge in [0, 0.05) is 38.5 Å². The molecular formula is C12H26N4. The standard InChI is InChI=1S/C10H20N4.C2H6/c1-13(2)6-7-14(3)9-4-5-10(11)12-8-9;1-2/h8H,4-7H2,1-3H3,(H2,11,12);1-2H3. The van der Waals surface area contributed by atoms with Gasteiger partial charge in [-0.3, -0.25) is 0 Å². The molecule has 1 aliphatic rings. The van der Waals surface area contributed by atoms with Crippen molar-refractivity contribution in [3.8, 4) is 0 Å². The molecule has 0 spiro atoms. The first-order valence-corrected chi connectivity index (χ1v) is 5.96. The monoisotopic (exact) mass is 226 g/mol. The number of aliphatic imine (C=N–C) groups is 1. The largest absolute Gasteiger partial charge is 0.387 e. The first-order valence-electron chi connectivity index (χ1n) is 5.96. The second-order valence-electron chi connectivity index (χ2n) is 3.97. The smallest absolute Gasteiger partial charge is 0.0993 e. The molecule has 16 heavy (non-hydrogen) atoms. The number of likely N-dealkylation sites (N-methyl/N-ethyl adjacent to an activating group) is 2. The molecule has 0 radical (unpaired) electrons. The molecule has 0 fully saturated rings. The van der Waals surface area contributed by atoms with Gasteiger partial charge < -0.3 is 15.5 Å². The maximum absolute atomic E-state index is 5.60. The number of rotatable bonds is 4. The molecule has 1 rings (SSSR count). The van der Waals surface area contributed by atoms with Crippen LogP contribution in [0.5, 0.6) is 0 Å². The van der Waals surface area contributed by atoms with Crippen molar-refractivity contribution in [1.29, 1.82) is 0 Å². The molecule has 94 valence electrons. The van der Waals surface area contributed by atoms with Crippen molar-refractivity contribution < 1.29 is 0 Å². The molecule has 0 aliphatic carbocycles. The van der Waals surface area contributed by atoms with E-state index >= 15 is 0 Å². The number of nitrogens with zero attached hydrogens (tertiary/aromatic N) is 3. The van der Waals surface area contributed by atoms with Crippen LogP contribution >= 0.6 is 0 Å². The molecular weight excluding hydrogens is 200 g/mol. The van der Waals surface area contributed by atoms with Gasteiger partial charge in [0.25, 0.3) is 0 Å². The SMILES string of the molecule is CC.CN(C)CCN(C)C1=CN=C(N)CC1. The Morgan fingerprint density at radius 1 is 1.19 bits per heavy atom. The fraction of sp³-hybridized carbons (Fsp3) is 0.750. The fourth-order valence-electron chi connectivity index (χ4n) is 1.33. The van der Waals surface area contributed by atoms with Crippen LogP contribution in [0.15, 0.2) is 16.9 Å². The van der Waals surface area contributed by atoms with Crippen LogP contribution in [0, 0.1) is 0 Å². The van der Waals surface area contributed by atoms with Crippen LogP contribution in [0.2, 0.25) is 0 Å². The normalized spacial score (nSPS) is 14.9. The van der Waals surface area contributed by atoms with E-state index in [1.165, 1.54) is 5.70 Å². The Kier molecular flexibility index (Phi) is 7.64. The van der Waals surface area contributed by atoms with E-state index in [2.05, 4.69) is 35.9 Å². The first-order chi connectivity index (χ1) is 7.59. The first kappa shape index (κ1) is 15.0. The number of hydrogen-bond donors (Lipinski definition) is 1. The van der Waals surface area contributed by atoms with Gasteiger partial charge in [-0.25, -0.2) is 4.99 Å². The second kappa shape index (κ2) is 8.16. The molecule has 1 heterocycles. The lowest BCUT2D eigenvalue weighted by molar-refractivity contribution is 0.319. The lowest BCUT2D eigenvalue weighted by atomic mass is 10.2. The van der Waals surface area contributed by atoms with Crippen molar-refractivity contribution in [2.45, 2.75) is 26.7 Å². The summed E-state index contributed by atoms with van der Waals surface area (Å²) in [7, 11) is 6.27. The van der Waals surface area contributed by atoms with Crippen LogP contribution in [0.25, 0.3) is 0 Å². The van der Waals surface area contributed by atoms with Gasteiger partial charge in [0.15, 0.2) is 0 Å². The average Bonchev–Trinajstić information content (AvgIpc) is 2.29. The third kappa shape index (κ3) is 5.75. The molecule has 0 aromatic carbocycles. The van der Waals surface area contributed by atoms with Crippen LogP contribution in [0.3, 0.4) is 0 Å². The summed E-state index contributed by atoms with van der Waals surface area (Å²) in [4.78, 5) is 8.56. The van der Waals surface area contributed by atoms with Gasteiger partial charge in [0.2, 0.25) is 0 Å². The van der Waals surface area contributed by atoms with E-state index in [1.54, 1.807) is 0 Å². The highest BCUT2D eigenvalue weighted by molar-refractivity contribution is 5.81. The summed E-state index contributed by atoms with van der Waals surface area (Å²) in [6, 6.07) is 0. The molecule has 1 aliphatic heterocycles. The molecule has 0 amide bonds. The Labute approximate surface area is 99.8 Å². The quantitative estimate of drug-likeness (QED) is 0.790. The van der Waals surface area contributed by atoms with Crippen molar-refractivity contribution in [2.24, 2.45) is 10.7 Å². The fourth-order valence-corrected chi connectivity index (χ4v) is 1.33. The topological polar surface area (TPSA) is 44.9 Å². The van der Waals surface area contributed by atoms with Gasteiger partial charge >= 0.3 is 0 Å². The second-order valence-corrected chi connectivity index (χ2v) is 3.97. The van der Waals surface area contributed by atoms with Gasteiger partial charge in [-0.1, -0.05) is 13.8 Å². The lowest BCUT2D eigenvalue weighted by Crippen LogP contribution is -2.29. The molecule has 0 unspecified atom stereocenters. The highest BCUT2D eigenvalue weighted by Gasteiger charge is 2.09. The zero-order valence-electron chi connectivity index (χ0n) is 11.3. The van der Waals surface area contributed by atoms with E-state index in [9.17, 15) is 0 Å². The van der Waals surface area contributed by atoms with Crippen LogP contribution < -0.4 is 5.73 Å². The summed E-state index contributed by atoms with van der Waals surface area (Å²) in [6.45, 7) is 6.10. The minimum Gasteiger partial charge on any atom is -0.387 e. The minimum absolute atomic E-state index is 0.745. The van der Waals surface area contributed by atoms with E-state index in [0.29, 0.717) is 0 Å². The zero-order valence-corrected chi connectivity index (χ0v) is 11.3. The molecule has 0 saturated heterocycles. The highest BCUT2D eigenvalue weighted by Crippen LogP contribution is 2.13. The van der Waals surface area contributed by atoms with Gasteiger partial charge in [-0.05, 0) is 20.5 Å². The molecule has 4 heteroatoms. The number of amidine groups is 1. The van der Waals surface area contributed by atoms with Gasteiger partial charge in [-0.15, -0.1) is 0 Å². The van der Waals surface area contributed by atoms with Gasteiger partial charge in [0.1, 0.15) is 0 Å². The molecule has 4 nitrogen and oxygen atoms in total. The Balaban J connectivity index is 0.00000106. The summed E-state index contributed by atoms with van der Waals surface area (Å²) in [5.41, 5.74) is 6.88. The van der Waals surface area contributed by atoms with E-state index in [4.69, 9.17) is 5.73 Å². The average molecular weight is 226 g/mol. The molecule has 0 aromatic rings. The van der Waals surface area contributed by atoms with Gasteiger partial charge in [-0.2, -0.15) is 0 Å². The molecule has 2 N–H and O–H groups in total. The van der Waals surface area contributed by atoms with E-state index in [0.717, 1.165) is 31.8 Å². The van der Waals surface area contributed by atoms with Crippen molar-refractivity contribution in [1.82, 2.24) is 9.80 Å². The number of nitrogens with two attached hydrogens (primary N) is 1. The third-order valence-electron chi connectivity index (χ3n) is 2.39. The van der Waals surface area contributed by atoms with Crippen molar-refractivity contribution in [3.05, 3.63) is 11.9 Å². The highest BCUT2D eigenvalue weighted by atomic mass is 15.2. The van der Waals surface area contributed by atoms with Crippen LogP contribution in [-0.2, 0) is 0 Å². The maximum Gasteiger partial charge on any atom is 0.0993 e. The maximum atomic E-state index is 5.60. The van der Waals surface area contributed by atoms with Crippen LogP contribution in [-0.4, -0.2) is 49.9 Å². The molecule has 0 aromatic heterocycles. The lowest BCUT2D eigenvalue weighted by Gasteiger charge is -2.25.